The van der Waals surface area contributed by atoms with Gasteiger partial charge in [0.1, 0.15) is 41.5 Å². The molecule has 3 aromatic carbocycles. The van der Waals surface area contributed by atoms with Gasteiger partial charge >= 0.3 is 0 Å². The average Bonchev–Trinajstić information content (AvgIpc) is 3.53. The number of nitrogens with zero attached hydrogens (tertiary/aromatic N) is 4. The molecule has 7 nitrogen and oxygen atoms in total. The molecule has 0 bridgehead atoms. The zero-order valence-electron chi connectivity index (χ0n) is 19.9. The maximum atomic E-state index is 15.0. The Morgan fingerprint density at radius 3 is 2.49 bits per heavy atom. The maximum absolute atomic E-state index is 15.0. The second-order valence-electron chi connectivity index (χ2n) is 8.81. The van der Waals surface area contributed by atoms with E-state index < -0.39 is 17.2 Å². The number of halogens is 3. The fraction of sp³-hybridized carbons (Fsp3) is 0.185. The van der Waals surface area contributed by atoms with Crippen molar-refractivity contribution in [1.82, 2.24) is 19.7 Å². The van der Waals surface area contributed by atoms with Crippen LogP contribution in [0.15, 0.2) is 79.5 Å². The van der Waals surface area contributed by atoms with Crippen molar-refractivity contribution in [2.24, 2.45) is 0 Å². The molecular weight excluding hydrogens is 483 g/mol. The van der Waals surface area contributed by atoms with Crippen LogP contribution in [0.25, 0.3) is 10.9 Å². The van der Waals surface area contributed by atoms with Crippen LogP contribution in [0.4, 0.5) is 18.9 Å². The van der Waals surface area contributed by atoms with Crippen LogP contribution in [0.2, 0.25) is 0 Å². The SMILES string of the molecule is COc1ccc(N(Cc2c[nH]c3cc(F)ccc23)CC(O)(Cn2cncn2)c2ccc(F)cc2F)cc1. The number of rotatable bonds is 9. The van der Waals surface area contributed by atoms with Crippen molar-refractivity contribution in [3.8, 4) is 5.75 Å². The van der Waals surface area contributed by atoms with E-state index in [0.717, 1.165) is 28.8 Å². The van der Waals surface area contributed by atoms with E-state index in [-0.39, 0.29) is 24.5 Å². The van der Waals surface area contributed by atoms with Crippen molar-refractivity contribution < 1.29 is 23.0 Å². The van der Waals surface area contributed by atoms with E-state index in [4.69, 9.17) is 4.74 Å². The smallest absolute Gasteiger partial charge is 0.137 e. The molecule has 0 saturated heterocycles. The van der Waals surface area contributed by atoms with E-state index in [0.29, 0.717) is 17.8 Å². The Balaban J connectivity index is 1.58. The molecule has 5 aromatic rings. The summed E-state index contributed by atoms with van der Waals surface area (Å²) in [5.74, 6) is -1.34. The Kier molecular flexibility index (Phi) is 6.58. The summed E-state index contributed by atoms with van der Waals surface area (Å²) < 4.78 is 49.2. The van der Waals surface area contributed by atoms with Gasteiger partial charge in [-0.25, -0.2) is 22.8 Å². The van der Waals surface area contributed by atoms with Gasteiger partial charge in [0.2, 0.25) is 0 Å². The number of hydrogen-bond donors (Lipinski definition) is 2. The lowest BCUT2D eigenvalue weighted by molar-refractivity contribution is 0.0182. The van der Waals surface area contributed by atoms with Gasteiger partial charge in [0.05, 0.1) is 20.2 Å². The lowest BCUT2D eigenvalue weighted by Gasteiger charge is -2.36. The second-order valence-corrected chi connectivity index (χ2v) is 8.81. The van der Waals surface area contributed by atoms with Crippen molar-refractivity contribution >= 4 is 16.6 Å². The number of anilines is 1. The molecule has 0 aliphatic heterocycles. The standard InChI is InChI=1S/C27H24F3N5O2/c1-37-22-6-4-21(5-7-22)34(13-18-12-32-26-11-20(29)2-8-23(18)26)14-27(36,15-35-17-31-16-33-35)24-9-3-19(28)10-25(24)30/h2-12,16-17,32,36H,13-15H2,1H3. The predicted molar refractivity (Wildman–Crippen MR) is 133 cm³/mol. The Morgan fingerprint density at radius 2 is 1.78 bits per heavy atom. The molecule has 0 radical (unpaired) electrons. The summed E-state index contributed by atoms with van der Waals surface area (Å²) in [6.45, 7) is 0.0668. The molecule has 0 fully saturated rings. The summed E-state index contributed by atoms with van der Waals surface area (Å²) in [4.78, 5) is 8.86. The zero-order valence-corrected chi connectivity index (χ0v) is 19.9. The average molecular weight is 508 g/mol. The lowest BCUT2D eigenvalue weighted by Crippen LogP contribution is -2.44. The number of hydrogen-bond acceptors (Lipinski definition) is 5. The first-order valence-electron chi connectivity index (χ1n) is 11.5. The fourth-order valence-electron chi connectivity index (χ4n) is 4.51. The second kappa shape index (κ2) is 9.98. The van der Waals surface area contributed by atoms with Gasteiger partial charge in [-0.15, -0.1) is 0 Å². The largest absolute Gasteiger partial charge is 0.497 e. The summed E-state index contributed by atoms with van der Waals surface area (Å²) in [5.41, 5.74) is 0.283. The van der Waals surface area contributed by atoms with Gasteiger partial charge in [0, 0.05) is 41.0 Å². The van der Waals surface area contributed by atoms with E-state index in [1.165, 1.54) is 35.5 Å². The van der Waals surface area contributed by atoms with Crippen molar-refractivity contribution in [3.05, 3.63) is 108 Å². The maximum Gasteiger partial charge on any atom is 0.137 e. The van der Waals surface area contributed by atoms with Gasteiger partial charge in [-0.05, 0) is 54.1 Å². The molecule has 1 unspecified atom stereocenters. The third-order valence-corrected chi connectivity index (χ3v) is 6.30. The number of aliphatic hydroxyl groups is 1. The van der Waals surface area contributed by atoms with E-state index in [1.54, 1.807) is 31.5 Å². The first-order valence-corrected chi connectivity index (χ1v) is 11.5. The van der Waals surface area contributed by atoms with Crippen molar-refractivity contribution in [1.29, 1.82) is 0 Å². The third-order valence-electron chi connectivity index (χ3n) is 6.30. The molecule has 0 spiro atoms. The molecule has 2 N–H and O–H groups in total. The van der Waals surface area contributed by atoms with Crippen LogP contribution in [-0.4, -0.2) is 38.5 Å². The van der Waals surface area contributed by atoms with E-state index in [2.05, 4.69) is 15.1 Å². The quantitative estimate of drug-likeness (QED) is 0.300. The van der Waals surface area contributed by atoms with Crippen LogP contribution in [0, 0.1) is 17.5 Å². The van der Waals surface area contributed by atoms with Gasteiger partial charge in [0.25, 0.3) is 0 Å². The number of methoxy groups -OCH3 is 1. The number of aromatic amines is 1. The highest BCUT2D eigenvalue weighted by atomic mass is 19.1. The van der Waals surface area contributed by atoms with E-state index in [1.807, 2.05) is 17.0 Å². The number of nitrogens with one attached hydrogen (secondary N) is 1. The number of aromatic nitrogens is 4. The van der Waals surface area contributed by atoms with Crippen molar-refractivity contribution in [3.63, 3.8) is 0 Å². The Bertz CT molecular complexity index is 1500. The highest BCUT2D eigenvalue weighted by Gasteiger charge is 2.36. The minimum Gasteiger partial charge on any atom is -0.497 e. The topological polar surface area (TPSA) is 79.2 Å². The van der Waals surface area contributed by atoms with Gasteiger partial charge in [-0.2, -0.15) is 5.10 Å². The third kappa shape index (κ3) is 5.14. The molecule has 5 rings (SSSR count). The summed E-state index contributed by atoms with van der Waals surface area (Å²) in [6, 6.07) is 14.8. The zero-order chi connectivity index (χ0) is 26.0. The van der Waals surface area contributed by atoms with Crippen LogP contribution in [0.5, 0.6) is 5.75 Å². The van der Waals surface area contributed by atoms with Crippen LogP contribution in [-0.2, 0) is 18.7 Å². The minimum atomic E-state index is -1.83. The van der Waals surface area contributed by atoms with E-state index in [9.17, 15) is 13.9 Å². The molecule has 10 heteroatoms. The molecule has 2 aromatic heterocycles. The van der Waals surface area contributed by atoms with Gasteiger partial charge < -0.3 is 19.7 Å². The first-order chi connectivity index (χ1) is 17.8. The van der Waals surface area contributed by atoms with E-state index >= 15 is 4.39 Å². The molecule has 0 amide bonds. The molecule has 190 valence electrons. The normalized spacial score (nSPS) is 13.0. The summed E-state index contributed by atoms with van der Waals surface area (Å²) in [5, 5.41) is 16.8. The van der Waals surface area contributed by atoms with Crippen molar-refractivity contribution in [2.75, 3.05) is 18.6 Å². The van der Waals surface area contributed by atoms with Gasteiger partial charge in [0.15, 0.2) is 0 Å². The number of ether oxygens (including phenoxy) is 1. The van der Waals surface area contributed by atoms with Crippen LogP contribution in [0.3, 0.4) is 0 Å². The Hall–Kier alpha value is -4.31. The molecule has 0 aliphatic carbocycles. The van der Waals surface area contributed by atoms with Gasteiger partial charge in [-0.3, -0.25) is 0 Å². The molecule has 1 atom stereocenters. The Morgan fingerprint density at radius 1 is 1.03 bits per heavy atom. The molecule has 0 saturated carbocycles. The molecular formula is C27H24F3N5O2. The molecule has 37 heavy (non-hydrogen) atoms. The minimum absolute atomic E-state index is 0.0797. The summed E-state index contributed by atoms with van der Waals surface area (Å²) >= 11 is 0. The van der Waals surface area contributed by atoms with Crippen molar-refractivity contribution in [2.45, 2.75) is 18.7 Å². The fourth-order valence-corrected chi connectivity index (χ4v) is 4.51. The summed E-state index contributed by atoms with van der Waals surface area (Å²) in [6.07, 6.45) is 4.50. The molecule has 2 heterocycles. The number of fused-ring (bicyclic) bond motifs is 1. The first kappa shape index (κ1) is 24.4. The predicted octanol–water partition coefficient (Wildman–Crippen LogP) is 4.78. The molecule has 0 aliphatic rings. The highest BCUT2D eigenvalue weighted by Crippen LogP contribution is 2.32. The van der Waals surface area contributed by atoms with Crippen LogP contribution in [0.1, 0.15) is 11.1 Å². The Labute approximate surface area is 210 Å². The number of benzene rings is 3. The van der Waals surface area contributed by atoms with Crippen LogP contribution >= 0.6 is 0 Å². The highest BCUT2D eigenvalue weighted by molar-refractivity contribution is 5.83. The monoisotopic (exact) mass is 507 g/mol. The van der Waals surface area contributed by atoms with Gasteiger partial charge in [-0.1, -0.05) is 6.07 Å². The lowest BCUT2D eigenvalue weighted by atomic mass is 9.91. The summed E-state index contributed by atoms with van der Waals surface area (Å²) in [7, 11) is 1.56. The number of H-pyrrole nitrogens is 1. The van der Waals surface area contributed by atoms with Crippen LogP contribution < -0.4 is 9.64 Å².